The van der Waals surface area contributed by atoms with Crippen molar-refractivity contribution in [2.45, 2.75) is 96.8 Å². The molecule has 0 aliphatic heterocycles. The minimum atomic E-state index is -0.993. The summed E-state index contributed by atoms with van der Waals surface area (Å²) < 4.78 is 33.3. The number of esters is 1. The summed E-state index contributed by atoms with van der Waals surface area (Å²) in [6.07, 6.45) is 17.4. The first-order chi connectivity index (χ1) is 16.5. The van der Waals surface area contributed by atoms with Crippen molar-refractivity contribution < 1.29 is 18.3 Å². The lowest BCUT2D eigenvalue weighted by Gasteiger charge is -2.46. The zero-order valence-corrected chi connectivity index (χ0v) is 20.5. The van der Waals surface area contributed by atoms with Crippen LogP contribution in [0.1, 0.15) is 102 Å². The van der Waals surface area contributed by atoms with Gasteiger partial charge in [0, 0.05) is 12.1 Å². The highest BCUT2D eigenvalue weighted by atomic mass is 19.1. The van der Waals surface area contributed by atoms with Crippen molar-refractivity contribution in [3.05, 3.63) is 29.3 Å². The molecule has 0 radical (unpaired) electrons. The Labute approximate surface area is 203 Å². The van der Waals surface area contributed by atoms with Gasteiger partial charge in [0.25, 0.3) is 0 Å². The Balaban J connectivity index is 1.31. The van der Waals surface area contributed by atoms with Crippen LogP contribution in [0.5, 0.6) is 5.75 Å². The average Bonchev–Trinajstić information content (AvgIpc) is 2.84. The zero-order valence-electron chi connectivity index (χ0n) is 20.5. The zero-order chi connectivity index (χ0) is 24.1. The Bertz CT molecular complexity index is 864. The van der Waals surface area contributed by atoms with E-state index in [1.54, 1.807) is 0 Å². The third-order valence-corrected chi connectivity index (χ3v) is 9.11. The van der Waals surface area contributed by atoms with Crippen LogP contribution >= 0.6 is 0 Å². The maximum atomic E-state index is 13.9. The van der Waals surface area contributed by atoms with Crippen LogP contribution in [0.25, 0.3) is 0 Å². The first kappa shape index (κ1) is 25.1. The number of carbonyl (C=O) groups is 1. The number of nitrogens with zero attached hydrogens (tertiary/aromatic N) is 1. The third kappa shape index (κ3) is 5.81. The largest absolute Gasteiger partial charge is 0.426 e. The first-order valence-electron chi connectivity index (χ1n) is 13.6. The quantitative estimate of drug-likeness (QED) is 0.230. The van der Waals surface area contributed by atoms with Crippen LogP contribution in [0.4, 0.5) is 8.78 Å². The minimum absolute atomic E-state index is 0.148. The Kier molecular flexibility index (Phi) is 8.61. The summed E-state index contributed by atoms with van der Waals surface area (Å²) >= 11 is 0. The monoisotopic (exact) mass is 471 g/mol. The van der Waals surface area contributed by atoms with Gasteiger partial charge in [-0.25, -0.2) is 8.78 Å². The van der Waals surface area contributed by atoms with Gasteiger partial charge in [0.1, 0.15) is 29.0 Å². The second-order valence-electron chi connectivity index (χ2n) is 11.1. The van der Waals surface area contributed by atoms with Crippen LogP contribution in [0.15, 0.2) is 12.1 Å². The first-order valence-corrected chi connectivity index (χ1v) is 13.6. The molecule has 0 amide bonds. The van der Waals surface area contributed by atoms with E-state index in [-0.39, 0.29) is 17.6 Å². The van der Waals surface area contributed by atoms with Gasteiger partial charge in [-0.3, -0.25) is 4.79 Å². The van der Waals surface area contributed by atoms with Crippen LogP contribution in [0, 0.1) is 58.5 Å². The summed E-state index contributed by atoms with van der Waals surface area (Å²) in [5.74, 6) is 0.738. The highest BCUT2D eigenvalue weighted by Crippen LogP contribution is 2.50. The van der Waals surface area contributed by atoms with Crippen molar-refractivity contribution in [1.82, 2.24) is 0 Å². The molecule has 3 aliphatic rings. The summed E-state index contributed by atoms with van der Waals surface area (Å²) in [6, 6.07) is 3.38. The van der Waals surface area contributed by atoms with Crippen molar-refractivity contribution in [3.8, 4) is 11.8 Å². The fourth-order valence-electron chi connectivity index (χ4n) is 7.26. The van der Waals surface area contributed by atoms with Crippen molar-refractivity contribution in [2.75, 3.05) is 0 Å². The molecule has 0 aromatic heterocycles. The number of hydrogen-bond acceptors (Lipinski definition) is 3. The van der Waals surface area contributed by atoms with Crippen LogP contribution in [-0.4, -0.2) is 5.97 Å². The Morgan fingerprint density at radius 3 is 2.35 bits per heavy atom. The maximum Gasteiger partial charge on any atom is 0.314 e. The Morgan fingerprint density at radius 2 is 1.68 bits per heavy atom. The van der Waals surface area contributed by atoms with E-state index in [4.69, 9.17) is 10.00 Å². The van der Waals surface area contributed by atoms with Gasteiger partial charge in [0.2, 0.25) is 0 Å². The fourth-order valence-corrected chi connectivity index (χ4v) is 7.26. The summed E-state index contributed by atoms with van der Waals surface area (Å²) in [5, 5.41) is 8.84. The molecule has 3 fully saturated rings. The highest BCUT2D eigenvalue weighted by molar-refractivity contribution is 5.75. The van der Waals surface area contributed by atoms with E-state index in [1.807, 2.05) is 0 Å². The summed E-state index contributed by atoms with van der Waals surface area (Å²) in [6.45, 7) is 2.27. The average molecular weight is 472 g/mol. The van der Waals surface area contributed by atoms with Crippen molar-refractivity contribution >= 4 is 5.97 Å². The van der Waals surface area contributed by atoms with E-state index in [1.165, 1.54) is 76.7 Å². The number of rotatable bonds is 7. The molecular formula is C29H39F2NO2. The number of fused-ring (bicyclic) bond motifs is 1. The van der Waals surface area contributed by atoms with Gasteiger partial charge in [0.05, 0.1) is 5.92 Å². The molecule has 34 heavy (non-hydrogen) atoms. The molecule has 186 valence electrons. The van der Waals surface area contributed by atoms with Crippen LogP contribution in [0.2, 0.25) is 0 Å². The van der Waals surface area contributed by atoms with Gasteiger partial charge in [-0.05, 0) is 68.1 Å². The molecule has 0 N–H and O–H groups in total. The standard InChI is InChI=1S/C29H39F2NO2/c1-2-3-4-6-19-9-11-20(12-10-19)21-13-14-24-22(15-21)7-5-8-25(24)29(33)34-23-16-27(30)26(18-32)28(31)17-23/h16-17,19-22,24-25H,2-15H2,1H3. The predicted octanol–water partition coefficient (Wildman–Crippen LogP) is 7.96. The molecule has 4 atom stereocenters. The van der Waals surface area contributed by atoms with E-state index in [0.29, 0.717) is 11.8 Å². The van der Waals surface area contributed by atoms with Gasteiger partial charge in [-0.15, -0.1) is 0 Å². The second kappa shape index (κ2) is 11.6. The molecule has 3 aliphatic carbocycles. The normalized spacial score (nSPS) is 31.4. The van der Waals surface area contributed by atoms with Crippen LogP contribution < -0.4 is 4.74 Å². The van der Waals surface area contributed by atoms with Crippen LogP contribution in [-0.2, 0) is 4.79 Å². The molecule has 5 heteroatoms. The highest BCUT2D eigenvalue weighted by Gasteiger charge is 2.43. The molecule has 0 bridgehead atoms. The second-order valence-corrected chi connectivity index (χ2v) is 11.1. The van der Waals surface area contributed by atoms with Gasteiger partial charge >= 0.3 is 5.97 Å². The molecular weight excluding hydrogens is 432 g/mol. The molecule has 3 nitrogen and oxygen atoms in total. The van der Waals surface area contributed by atoms with E-state index in [0.717, 1.165) is 49.1 Å². The molecule has 1 aromatic rings. The lowest BCUT2D eigenvalue weighted by molar-refractivity contribution is -0.144. The lowest BCUT2D eigenvalue weighted by atomic mass is 9.59. The minimum Gasteiger partial charge on any atom is -0.426 e. The number of hydrogen-bond donors (Lipinski definition) is 0. The van der Waals surface area contributed by atoms with Gasteiger partial charge in [0.15, 0.2) is 0 Å². The van der Waals surface area contributed by atoms with E-state index in [2.05, 4.69) is 6.92 Å². The number of benzene rings is 1. The molecule has 3 saturated carbocycles. The maximum absolute atomic E-state index is 13.9. The van der Waals surface area contributed by atoms with E-state index in [9.17, 15) is 13.6 Å². The molecule has 0 saturated heterocycles. The number of ether oxygens (including phenoxy) is 1. The van der Waals surface area contributed by atoms with E-state index < -0.39 is 17.2 Å². The predicted molar refractivity (Wildman–Crippen MR) is 128 cm³/mol. The van der Waals surface area contributed by atoms with Gasteiger partial charge < -0.3 is 4.74 Å². The molecule has 4 unspecified atom stereocenters. The number of carbonyl (C=O) groups excluding carboxylic acids is 1. The SMILES string of the molecule is CCCCCC1CCC(C2CCC3C(CCCC3C(=O)Oc3cc(F)c(C#N)c(F)c3)C2)CC1. The topological polar surface area (TPSA) is 50.1 Å². The summed E-state index contributed by atoms with van der Waals surface area (Å²) in [7, 11) is 0. The lowest BCUT2D eigenvalue weighted by Crippen LogP contribution is -2.40. The van der Waals surface area contributed by atoms with Crippen molar-refractivity contribution in [2.24, 2.45) is 35.5 Å². The number of unbranched alkanes of at least 4 members (excludes halogenated alkanes) is 2. The molecule has 4 rings (SSSR count). The van der Waals surface area contributed by atoms with Crippen LogP contribution in [0.3, 0.4) is 0 Å². The summed E-state index contributed by atoms with van der Waals surface area (Å²) in [5.41, 5.74) is -0.647. The number of halogens is 2. The Hall–Kier alpha value is -1.96. The molecule has 0 spiro atoms. The molecule has 0 heterocycles. The molecule has 1 aromatic carbocycles. The van der Waals surface area contributed by atoms with E-state index >= 15 is 0 Å². The van der Waals surface area contributed by atoms with Gasteiger partial charge in [-0.2, -0.15) is 5.26 Å². The van der Waals surface area contributed by atoms with Gasteiger partial charge in [-0.1, -0.05) is 58.3 Å². The van der Waals surface area contributed by atoms with Crippen molar-refractivity contribution in [1.29, 1.82) is 5.26 Å². The Morgan fingerprint density at radius 1 is 0.971 bits per heavy atom. The third-order valence-electron chi connectivity index (χ3n) is 9.11. The fraction of sp³-hybridized carbons (Fsp3) is 0.724. The number of nitriles is 1. The summed E-state index contributed by atoms with van der Waals surface area (Å²) in [4.78, 5) is 13.0. The van der Waals surface area contributed by atoms with Crippen molar-refractivity contribution in [3.63, 3.8) is 0 Å². The smallest absolute Gasteiger partial charge is 0.314 e.